The summed E-state index contributed by atoms with van der Waals surface area (Å²) in [5, 5.41) is 2.12. The molecule has 0 unspecified atom stereocenters. The summed E-state index contributed by atoms with van der Waals surface area (Å²) in [6.45, 7) is 2.14. The number of hydrogen-bond acceptors (Lipinski definition) is 5. The molecule has 1 aromatic rings. The summed E-state index contributed by atoms with van der Waals surface area (Å²) in [5.74, 6) is 0. The maximum atomic E-state index is 4.90. The Morgan fingerprint density at radius 2 is 1.17 bits per heavy atom. The number of rotatable bonds is 1. The van der Waals surface area contributed by atoms with Gasteiger partial charge in [0.15, 0.2) is 0 Å². The highest BCUT2D eigenvalue weighted by molar-refractivity contribution is 7.11. The van der Waals surface area contributed by atoms with Gasteiger partial charge in [0.1, 0.15) is 0 Å². The molecule has 30 heavy (non-hydrogen) atoms. The third-order valence-corrected chi connectivity index (χ3v) is 6.20. The monoisotopic (exact) mass is 404 g/mol. The number of aliphatic imine (C=N–C) groups is 4. The van der Waals surface area contributed by atoms with Crippen LogP contribution in [0.2, 0.25) is 0 Å². The number of hydrogen-bond donors (Lipinski definition) is 0. The Bertz CT molecular complexity index is 1370. The fourth-order valence-corrected chi connectivity index (χ4v) is 4.68. The third-order valence-electron chi connectivity index (χ3n) is 5.15. The smallest absolute Gasteiger partial charge is 0.0745 e. The van der Waals surface area contributed by atoms with Crippen LogP contribution >= 0.6 is 11.3 Å². The van der Waals surface area contributed by atoms with Crippen molar-refractivity contribution >= 4 is 39.8 Å². The predicted octanol–water partition coefficient (Wildman–Crippen LogP) is 5.48. The molecule has 142 valence electrons. The number of nitrogens with zero attached hydrogens (tertiary/aromatic N) is 4. The van der Waals surface area contributed by atoms with Crippen LogP contribution in [0.3, 0.4) is 0 Å². The number of aryl methyl sites for hydroxylation is 1. The molecule has 1 aromatic heterocycles. The average Bonchev–Trinajstić information content (AvgIpc) is 3.51. The Morgan fingerprint density at radius 1 is 0.600 bits per heavy atom. The lowest BCUT2D eigenvalue weighted by Crippen LogP contribution is -1.95. The van der Waals surface area contributed by atoms with Gasteiger partial charge in [-0.2, -0.15) is 0 Å². The van der Waals surface area contributed by atoms with E-state index in [4.69, 9.17) is 15.0 Å². The number of allylic oxidation sites excluding steroid dienone is 12. The molecule has 0 spiro atoms. The number of thiophene rings is 1. The third kappa shape index (κ3) is 3.09. The molecule has 5 aliphatic rings. The van der Waals surface area contributed by atoms with Crippen molar-refractivity contribution in [1.82, 2.24) is 0 Å². The number of fused-ring (bicyclic) bond motifs is 4. The van der Waals surface area contributed by atoms with E-state index in [2.05, 4.69) is 35.5 Å². The van der Waals surface area contributed by atoms with Gasteiger partial charge in [0.05, 0.1) is 45.6 Å². The highest BCUT2D eigenvalue weighted by Crippen LogP contribution is 2.33. The molecule has 0 amide bonds. The zero-order valence-corrected chi connectivity index (χ0v) is 17.0. The molecule has 0 fully saturated rings. The highest BCUT2D eigenvalue weighted by Gasteiger charge is 2.20. The Morgan fingerprint density at radius 3 is 1.73 bits per heavy atom. The van der Waals surface area contributed by atoms with Crippen molar-refractivity contribution in [3.63, 3.8) is 0 Å². The van der Waals surface area contributed by atoms with Crippen molar-refractivity contribution in [3.05, 3.63) is 112 Å². The molecule has 0 radical (unpaired) electrons. The molecule has 4 nitrogen and oxygen atoms in total. The molecule has 5 aliphatic heterocycles. The van der Waals surface area contributed by atoms with Crippen molar-refractivity contribution in [2.75, 3.05) is 0 Å². The summed E-state index contributed by atoms with van der Waals surface area (Å²) in [7, 11) is 0. The summed E-state index contributed by atoms with van der Waals surface area (Å²) in [6, 6.07) is 2.14. The minimum Gasteiger partial charge on any atom is -0.249 e. The quantitative estimate of drug-likeness (QED) is 0.595. The maximum absolute atomic E-state index is 4.90. The lowest BCUT2D eigenvalue weighted by atomic mass is 10.1. The average molecular weight is 404 g/mol. The molecule has 0 atom stereocenters. The van der Waals surface area contributed by atoms with Gasteiger partial charge in [0, 0.05) is 10.5 Å². The zero-order valence-electron chi connectivity index (χ0n) is 16.2. The Hall–Kier alpha value is -3.70. The van der Waals surface area contributed by atoms with E-state index in [1.807, 2.05) is 54.7 Å². The van der Waals surface area contributed by atoms with E-state index in [9.17, 15) is 0 Å². The van der Waals surface area contributed by atoms with E-state index < -0.39 is 0 Å². The minimum atomic E-state index is 0.888. The molecule has 0 saturated carbocycles. The molecule has 0 aliphatic carbocycles. The van der Waals surface area contributed by atoms with Crippen LogP contribution in [0.15, 0.2) is 121 Å². The van der Waals surface area contributed by atoms with E-state index >= 15 is 0 Å². The van der Waals surface area contributed by atoms with Crippen LogP contribution in [0, 0.1) is 6.92 Å². The topological polar surface area (TPSA) is 49.4 Å². The second-order valence-electron chi connectivity index (χ2n) is 7.37. The molecule has 0 N–H and O–H groups in total. The molecular formula is C25H16N4S. The van der Waals surface area contributed by atoms with Gasteiger partial charge in [-0.3, -0.25) is 0 Å². The highest BCUT2D eigenvalue weighted by atomic mass is 32.1. The molecular weight excluding hydrogens is 388 g/mol. The van der Waals surface area contributed by atoms with Gasteiger partial charge in [-0.15, -0.1) is 11.3 Å². The normalized spacial score (nSPS) is 20.9. The molecule has 0 saturated heterocycles. The first-order valence-corrected chi connectivity index (χ1v) is 10.6. The van der Waals surface area contributed by atoms with E-state index in [1.54, 1.807) is 11.3 Å². The second-order valence-corrected chi connectivity index (χ2v) is 8.29. The van der Waals surface area contributed by atoms with Gasteiger partial charge in [-0.25, -0.2) is 20.0 Å². The maximum Gasteiger partial charge on any atom is 0.0745 e. The van der Waals surface area contributed by atoms with Gasteiger partial charge in [-0.05, 0) is 90.8 Å². The summed E-state index contributed by atoms with van der Waals surface area (Å²) in [4.78, 5) is 20.2. The summed E-state index contributed by atoms with van der Waals surface area (Å²) in [5.41, 5.74) is 9.54. The fraction of sp³-hybridized carbons (Fsp3) is 0.0400. The lowest BCUT2D eigenvalue weighted by Gasteiger charge is -2.02. The van der Waals surface area contributed by atoms with E-state index in [0.29, 0.717) is 0 Å². The van der Waals surface area contributed by atoms with Crippen LogP contribution < -0.4 is 0 Å². The molecule has 6 heterocycles. The predicted molar refractivity (Wildman–Crippen MR) is 127 cm³/mol. The van der Waals surface area contributed by atoms with E-state index in [-0.39, 0.29) is 0 Å². The van der Waals surface area contributed by atoms with Crippen LogP contribution in [0.4, 0.5) is 0 Å². The van der Waals surface area contributed by atoms with Crippen molar-refractivity contribution in [2.24, 2.45) is 20.0 Å². The van der Waals surface area contributed by atoms with Crippen LogP contribution in [0.25, 0.3) is 5.57 Å². The molecule has 6 rings (SSSR count). The Balaban J connectivity index is 1.52. The van der Waals surface area contributed by atoms with E-state index in [0.717, 1.165) is 51.2 Å². The van der Waals surface area contributed by atoms with E-state index in [1.165, 1.54) is 10.4 Å². The molecule has 0 aromatic carbocycles. The first-order chi connectivity index (χ1) is 14.7. The SMILES string of the molecule is Cc1ccsc1C1=CC2=CC3=NC(=CC4=NC(=CC5=NC(=CC1=N2)C=C5)C=C4)C=C3. The van der Waals surface area contributed by atoms with Gasteiger partial charge in [0.2, 0.25) is 0 Å². The molecule has 8 bridgehead atoms. The van der Waals surface area contributed by atoms with Crippen LogP contribution in [0.1, 0.15) is 10.4 Å². The van der Waals surface area contributed by atoms with Crippen LogP contribution in [-0.2, 0) is 0 Å². The van der Waals surface area contributed by atoms with Gasteiger partial charge < -0.3 is 0 Å². The Labute approximate surface area is 178 Å². The molecule has 5 heteroatoms. The summed E-state index contributed by atoms with van der Waals surface area (Å²) in [6.07, 6.45) is 22.2. The van der Waals surface area contributed by atoms with Crippen molar-refractivity contribution in [3.8, 4) is 0 Å². The lowest BCUT2D eigenvalue weighted by molar-refractivity contribution is 1.41. The first kappa shape index (κ1) is 17.2. The van der Waals surface area contributed by atoms with Gasteiger partial charge in [-0.1, -0.05) is 0 Å². The second kappa shape index (κ2) is 6.68. The standard InChI is InChI=1S/C25H16N4S/c1-15-8-9-30-25(15)23-13-22-12-20-5-4-18(27-20)10-16-2-3-17(26-16)11-19-6-7-21(28-19)14-24(23)29-22/h2-14H,1H3. The van der Waals surface area contributed by atoms with Crippen LogP contribution in [0.5, 0.6) is 0 Å². The van der Waals surface area contributed by atoms with Crippen molar-refractivity contribution in [1.29, 1.82) is 0 Å². The minimum absolute atomic E-state index is 0.888. The summed E-state index contributed by atoms with van der Waals surface area (Å²) < 4.78 is 0. The largest absolute Gasteiger partial charge is 0.249 e. The Kier molecular flexibility index (Phi) is 3.82. The zero-order chi connectivity index (χ0) is 20.1. The fourth-order valence-electron chi connectivity index (χ4n) is 3.73. The first-order valence-electron chi connectivity index (χ1n) is 9.72. The van der Waals surface area contributed by atoms with Gasteiger partial charge in [0.25, 0.3) is 0 Å². The summed E-state index contributed by atoms with van der Waals surface area (Å²) >= 11 is 1.74. The van der Waals surface area contributed by atoms with Crippen molar-refractivity contribution < 1.29 is 0 Å². The van der Waals surface area contributed by atoms with Gasteiger partial charge >= 0.3 is 0 Å². The van der Waals surface area contributed by atoms with Crippen molar-refractivity contribution in [2.45, 2.75) is 6.92 Å². The van der Waals surface area contributed by atoms with Crippen LogP contribution in [-0.4, -0.2) is 22.8 Å².